The van der Waals surface area contributed by atoms with Gasteiger partial charge in [-0.2, -0.15) is 0 Å². The molecule has 0 radical (unpaired) electrons. The Kier molecular flexibility index (Phi) is 5.78. The van der Waals surface area contributed by atoms with Crippen molar-refractivity contribution >= 4 is 16.6 Å². The normalized spacial score (nSPS) is 19.9. The van der Waals surface area contributed by atoms with Gasteiger partial charge in [0.15, 0.2) is 5.82 Å². The lowest BCUT2D eigenvalue weighted by Crippen LogP contribution is -2.58. The number of pyridine rings is 2. The largest absolute Gasteiger partial charge is 0.375 e. The van der Waals surface area contributed by atoms with Crippen LogP contribution in [-0.2, 0) is 4.74 Å². The van der Waals surface area contributed by atoms with Crippen LogP contribution in [0.2, 0.25) is 0 Å². The van der Waals surface area contributed by atoms with E-state index in [1.54, 1.807) is 12.3 Å². The third kappa shape index (κ3) is 4.06. The zero-order chi connectivity index (χ0) is 24.8. The summed E-state index contributed by atoms with van der Waals surface area (Å²) < 4.78 is 34.5. The zero-order valence-electron chi connectivity index (χ0n) is 19.9. The highest BCUT2D eigenvalue weighted by atomic mass is 19.1. The van der Waals surface area contributed by atoms with Gasteiger partial charge in [0.1, 0.15) is 5.82 Å². The molecule has 8 heteroatoms. The molecule has 0 bridgehead atoms. The average Bonchev–Trinajstić information content (AvgIpc) is 2.88. The Bertz CT molecular complexity index is 1500. The predicted molar refractivity (Wildman–Crippen MR) is 136 cm³/mol. The number of H-pyrrole nitrogens is 1. The van der Waals surface area contributed by atoms with Crippen LogP contribution in [0.25, 0.3) is 33.2 Å². The first-order valence-corrected chi connectivity index (χ1v) is 12.1. The Morgan fingerprint density at radius 2 is 1.97 bits per heavy atom. The van der Waals surface area contributed by atoms with Crippen molar-refractivity contribution < 1.29 is 13.5 Å². The number of rotatable bonds is 3. The van der Waals surface area contributed by atoms with E-state index < -0.39 is 11.2 Å². The van der Waals surface area contributed by atoms with E-state index in [0.717, 1.165) is 65.5 Å². The van der Waals surface area contributed by atoms with Gasteiger partial charge in [0.25, 0.3) is 0 Å². The second-order valence-corrected chi connectivity index (χ2v) is 9.52. The predicted octanol–water partition coefficient (Wildman–Crippen LogP) is 4.41. The van der Waals surface area contributed by atoms with Gasteiger partial charge in [-0.15, -0.1) is 0 Å². The Balaban J connectivity index is 1.56. The van der Waals surface area contributed by atoms with Gasteiger partial charge in [-0.05, 0) is 54.3 Å². The fourth-order valence-corrected chi connectivity index (χ4v) is 5.45. The molecule has 2 N–H and O–H groups in total. The van der Waals surface area contributed by atoms with Crippen molar-refractivity contribution in [2.24, 2.45) is 0 Å². The van der Waals surface area contributed by atoms with Crippen molar-refractivity contribution in [3.8, 4) is 22.3 Å². The van der Waals surface area contributed by atoms with Gasteiger partial charge in [-0.25, -0.2) is 8.78 Å². The van der Waals surface area contributed by atoms with Crippen molar-refractivity contribution in [3.63, 3.8) is 0 Å². The van der Waals surface area contributed by atoms with E-state index in [9.17, 15) is 13.6 Å². The molecule has 0 unspecified atom stereocenters. The zero-order valence-corrected chi connectivity index (χ0v) is 19.9. The van der Waals surface area contributed by atoms with Gasteiger partial charge in [-0.1, -0.05) is 12.1 Å². The molecule has 0 saturated carbocycles. The summed E-state index contributed by atoms with van der Waals surface area (Å²) in [4.78, 5) is 22.2. The van der Waals surface area contributed by atoms with E-state index in [-0.39, 0.29) is 23.5 Å². The maximum atomic E-state index is 14.5. The molecule has 2 fully saturated rings. The molecule has 2 aromatic carbocycles. The van der Waals surface area contributed by atoms with E-state index in [1.807, 2.05) is 25.1 Å². The van der Waals surface area contributed by atoms with Gasteiger partial charge in [0.05, 0.1) is 30.0 Å². The number of nitrogens with one attached hydrogen (secondary N) is 2. The summed E-state index contributed by atoms with van der Waals surface area (Å²) in [6.07, 6.45) is 5.36. The van der Waals surface area contributed by atoms with Crippen LogP contribution >= 0.6 is 0 Å². The number of aromatic amines is 1. The lowest BCUT2D eigenvalue weighted by Gasteiger charge is -2.43. The Morgan fingerprint density at radius 3 is 2.83 bits per heavy atom. The molecule has 2 aromatic heterocycles. The summed E-state index contributed by atoms with van der Waals surface area (Å²) in [7, 11) is 0. The summed E-state index contributed by atoms with van der Waals surface area (Å²) in [5.74, 6) is -1.14. The SMILES string of the molecule is Cc1cc(F)cc(-c2cnc3ccc(-c4c[nH]cc(F)c4=O)cc3c2N2CC[C@H]3OCCN[C@@H]3C2)c1. The molecule has 0 aliphatic carbocycles. The number of fused-ring (bicyclic) bond motifs is 2. The topological polar surface area (TPSA) is 70.2 Å². The van der Waals surface area contributed by atoms with Crippen LogP contribution in [0.3, 0.4) is 0 Å². The molecule has 184 valence electrons. The quantitative estimate of drug-likeness (QED) is 0.447. The van der Waals surface area contributed by atoms with Crippen LogP contribution in [0.4, 0.5) is 14.5 Å². The molecule has 6 nitrogen and oxygen atoms in total. The molecule has 4 aromatic rings. The van der Waals surface area contributed by atoms with E-state index in [0.29, 0.717) is 12.2 Å². The van der Waals surface area contributed by atoms with E-state index in [1.165, 1.54) is 18.3 Å². The number of hydrogen-bond acceptors (Lipinski definition) is 5. The smallest absolute Gasteiger partial charge is 0.224 e. The number of benzene rings is 2. The molecular weight excluding hydrogens is 462 g/mol. The minimum Gasteiger partial charge on any atom is -0.375 e. The van der Waals surface area contributed by atoms with E-state index in [2.05, 4.69) is 20.2 Å². The van der Waals surface area contributed by atoms with Gasteiger partial charge in [0.2, 0.25) is 5.43 Å². The van der Waals surface area contributed by atoms with E-state index in [4.69, 9.17) is 4.74 Å². The number of halogens is 2. The van der Waals surface area contributed by atoms with Crippen molar-refractivity contribution in [1.82, 2.24) is 15.3 Å². The first kappa shape index (κ1) is 22.8. The summed E-state index contributed by atoms with van der Waals surface area (Å²) >= 11 is 0. The Morgan fingerprint density at radius 1 is 1.08 bits per heavy atom. The summed E-state index contributed by atoms with van der Waals surface area (Å²) in [6, 6.07) is 10.6. The Hall–Kier alpha value is -3.62. The molecule has 4 heterocycles. The number of anilines is 1. The minimum atomic E-state index is -0.833. The molecule has 0 amide bonds. The van der Waals surface area contributed by atoms with Gasteiger partial charge >= 0.3 is 0 Å². The number of aryl methyl sites for hydroxylation is 1. The number of nitrogens with zero attached hydrogens (tertiary/aromatic N) is 2. The second kappa shape index (κ2) is 9.11. The van der Waals surface area contributed by atoms with Crippen LogP contribution in [0.5, 0.6) is 0 Å². The summed E-state index contributed by atoms with van der Waals surface area (Å²) in [5.41, 5.74) is 4.20. The summed E-state index contributed by atoms with van der Waals surface area (Å²) in [5, 5.41) is 4.39. The highest BCUT2D eigenvalue weighted by Crippen LogP contribution is 2.40. The number of piperidine rings is 1. The monoisotopic (exact) mass is 488 g/mol. The highest BCUT2D eigenvalue weighted by molar-refractivity contribution is 6.01. The molecule has 2 atom stereocenters. The lowest BCUT2D eigenvalue weighted by molar-refractivity contribution is -0.0134. The third-order valence-electron chi connectivity index (χ3n) is 7.11. The van der Waals surface area contributed by atoms with E-state index >= 15 is 0 Å². The van der Waals surface area contributed by atoms with Crippen molar-refractivity contribution in [1.29, 1.82) is 0 Å². The standard InChI is InChI=1S/C28H26F2N4O2/c1-16-8-18(10-19(29)9-16)21-13-33-24-3-2-17(22-12-31-14-23(30)28(22)35)11-20(24)27(21)34-6-4-26-25(15-34)32-5-7-36-26/h2-3,8-14,25-26,32H,4-7,15H2,1H3,(H,31,35)/t25-,26-/m1/s1. The number of hydrogen-bond donors (Lipinski definition) is 2. The molecule has 6 rings (SSSR count). The maximum Gasteiger partial charge on any atom is 0.224 e. The molecule has 2 aliphatic heterocycles. The minimum absolute atomic E-state index is 0.157. The fraction of sp³-hybridized carbons (Fsp3) is 0.286. The van der Waals surface area contributed by atoms with Crippen molar-refractivity contribution in [2.45, 2.75) is 25.5 Å². The van der Waals surface area contributed by atoms with Crippen LogP contribution in [0.1, 0.15) is 12.0 Å². The van der Waals surface area contributed by atoms with Crippen LogP contribution in [-0.4, -0.2) is 48.4 Å². The van der Waals surface area contributed by atoms with Gasteiger partial charge in [0, 0.05) is 54.7 Å². The first-order chi connectivity index (χ1) is 17.5. The molecule has 2 aliphatic rings. The molecular formula is C28H26F2N4O2. The third-order valence-corrected chi connectivity index (χ3v) is 7.11. The van der Waals surface area contributed by atoms with Crippen molar-refractivity contribution in [2.75, 3.05) is 31.1 Å². The van der Waals surface area contributed by atoms with Crippen LogP contribution in [0.15, 0.2) is 59.8 Å². The fourth-order valence-electron chi connectivity index (χ4n) is 5.45. The lowest BCUT2D eigenvalue weighted by atomic mass is 9.94. The second-order valence-electron chi connectivity index (χ2n) is 9.52. The average molecular weight is 489 g/mol. The first-order valence-electron chi connectivity index (χ1n) is 12.1. The number of ether oxygens (including phenoxy) is 1. The highest BCUT2D eigenvalue weighted by Gasteiger charge is 2.33. The van der Waals surface area contributed by atoms with Crippen molar-refractivity contribution in [3.05, 3.63) is 82.4 Å². The molecule has 0 spiro atoms. The van der Waals surface area contributed by atoms with Gasteiger partial charge < -0.3 is 19.9 Å². The molecule has 36 heavy (non-hydrogen) atoms. The maximum absolute atomic E-state index is 14.5. The number of aromatic nitrogens is 2. The summed E-state index contributed by atoms with van der Waals surface area (Å²) in [6.45, 7) is 4.85. The van der Waals surface area contributed by atoms with Gasteiger partial charge in [-0.3, -0.25) is 9.78 Å². The van der Waals surface area contributed by atoms with Crippen LogP contribution < -0.4 is 15.6 Å². The molecule has 2 saturated heterocycles. The van der Waals surface area contributed by atoms with Crippen LogP contribution in [0, 0.1) is 18.6 Å². The Labute approximate surface area is 206 Å². The number of morpholine rings is 1.